The average molecular weight is 456 g/mol. The van der Waals surface area contributed by atoms with E-state index < -0.39 is 0 Å². The molecular weight excluding hydrogens is 434 g/mol. The van der Waals surface area contributed by atoms with Crippen LogP contribution in [0.5, 0.6) is 0 Å². The van der Waals surface area contributed by atoms with Crippen LogP contribution in [0.1, 0.15) is 5.69 Å². The van der Waals surface area contributed by atoms with E-state index in [2.05, 4.69) is 15.4 Å². The van der Waals surface area contributed by atoms with Crippen LogP contribution in [0, 0.1) is 6.92 Å². The molecule has 0 unspecified atom stereocenters. The predicted molar refractivity (Wildman–Crippen MR) is 124 cm³/mol. The molecule has 0 saturated heterocycles. The number of thioether (sulfide) groups is 1. The molecule has 7 nitrogen and oxygen atoms in total. The topological polar surface area (TPSA) is 74.0 Å². The molecule has 0 saturated carbocycles. The Kier molecular flexibility index (Phi) is 6.60. The first-order valence-corrected chi connectivity index (χ1v) is 11.1. The van der Waals surface area contributed by atoms with Crippen LogP contribution in [-0.4, -0.2) is 44.7 Å². The van der Waals surface area contributed by atoms with Crippen molar-refractivity contribution in [2.24, 2.45) is 0 Å². The smallest absolute Gasteiger partial charge is 0.236 e. The van der Waals surface area contributed by atoms with E-state index in [1.807, 2.05) is 66.1 Å². The van der Waals surface area contributed by atoms with Crippen LogP contribution in [-0.2, 0) is 16.1 Å². The first-order valence-electron chi connectivity index (χ1n) is 9.74. The number of nitrogens with zero attached hydrogens (tertiary/aromatic N) is 4. The lowest BCUT2D eigenvalue weighted by molar-refractivity contribution is -0.113. The number of para-hydroxylation sites is 1. The molecular formula is C22H22ClN5O2S. The van der Waals surface area contributed by atoms with E-state index in [-0.39, 0.29) is 11.7 Å². The van der Waals surface area contributed by atoms with Crippen molar-refractivity contribution in [3.63, 3.8) is 0 Å². The van der Waals surface area contributed by atoms with Crippen LogP contribution in [0.25, 0.3) is 16.7 Å². The van der Waals surface area contributed by atoms with Crippen molar-refractivity contribution in [1.29, 1.82) is 0 Å². The van der Waals surface area contributed by atoms with Crippen molar-refractivity contribution in [2.75, 3.05) is 24.8 Å². The lowest BCUT2D eigenvalue weighted by atomic mass is 10.3. The highest BCUT2D eigenvalue weighted by molar-refractivity contribution is 7.99. The van der Waals surface area contributed by atoms with Gasteiger partial charge in [-0.1, -0.05) is 41.6 Å². The van der Waals surface area contributed by atoms with Gasteiger partial charge in [0.25, 0.3) is 0 Å². The van der Waals surface area contributed by atoms with Gasteiger partial charge in [0.2, 0.25) is 5.91 Å². The molecule has 31 heavy (non-hydrogen) atoms. The minimum Gasteiger partial charge on any atom is -0.383 e. The fraction of sp³-hybridized carbons (Fsp3) is 0.227. The minimum absolute atomic E-state index is 0.134. The quantitative estimate of drug-likeness (QED) is 0.394. The third kappa shape index (κ3) is 4.92. The van der Waals surface area contributed by atoms with E-state index >= 15 is 0 Å². The molecule has 2 heterocycles. The molecule has 0 bridgehead atoms. The molecule has 0 aliphatic heterocycles. The van der Waals surface area contributed by atoms with Crippen molar-refractivity contribution in [3.05, 3.63) is 65.3 Å². The summed E-state index contributed by atoms with van der Waals surface area (Å²) in [7, 11) is 1.66. The van der Waals surface area contributed by atoms with Crippen molar-refractivity contribution < 1.29 is 9.53 Å². The number of rotatable bonds is 8. The summed E-state index contributed by atoms with van der Waals surface area (Å²) in [6.45, 7) is 3.08. The first-order chi connectivity index (χ1) is 15.0. The third-order valence-electron chi connectivity index (χ3n) is 4.63. The van der Waals surface area contributed by atoms with Gasteiger partial charge in [0, 0.05) is 24.7 Å². The summed E-state index contributed by atoms with van der Waals surface area (Å²) in [5.41, 5.74) is 3.47. The largest absolute Gasteiger partial charge is 0.383 e. The number of hydrogen-bond donors (Lipinski definition) is 1. The van der Waals surface area contributed by atoms with Gasteiger partial charge in [-0.05, 0) is 37.3 Å². The SMILES string of the molecule is COCCn1c(SCC(=O)Nc2cc(C)nn2-c2ccccc2)nc2cc(Cl)ccc21. The van der Waals surface area contributed by atoms with Gasteiger partial charge in [-0.25, -0.2) is 9.67 Å². The summed E-state index contributed by atoms with van der Waals surface area (Å²) >= 11 is 7.49. The Morgan fingerprint density at radius 2 is 2.00 bits per heavy atom. The Bertz CT molecular complexity index is 1210. The van der Waals surface area contributed by atoms with E-state index in [0.717, 1.165) is 27.6 Å². The summed E-state index contributed by atoms with van der Waals surface area (Å²) in [5.74, 6) is 0.711. The van der Waals surface area contributed by atoms with E-state index in [4.69, 9.17) is 16.3 Å². The van der Waals surface area contributed by atoms with Gasteiger partial charge in [-0.3, -0.25) is 4.79 Å². The molecule has 0 fully saturated rings. The molecule has 0 aliphatic rings. The number of aryl methyl sites for hydroxylation is 1. The highest BCUT2D eigenvalue weighted by atomic mass is 35.5. The number of fused-ring (bicyclic) bond motifs is 1. The maximum Gasteiger partial charge on any atom is 0.236 e. The Balaban J connectivity index is 1.50. The minimum atomic E-state index is -0.134. The van der Waals surface area contributed by atoms with Gasteiger partial charge >= 0.3 is 0 Å². The number of amides is 1. The number of imidazole rings is 1. The van der Waals surface area contributed by atoms with Gasteiger partial charge in [0.05, 0.1) is 34.8 Å². The monoisotopic (exact) mass is 455 g/mol. The Hall–Kier alpha value is -2.81. The van der Waals surface area contributed by atoms with Crippen LogP contribution in [0.3, 0.4) is 0 Å². The van der Waals surface area contributed by atoms with Crippen LogP contribution in [0.4, 0.5) is 5.82 Å². The second-order valence-electron chi connectivity index (χ2n) is 6.93. The van der Waals surface area contributed by atoms with E-state index in [0.29, 0.717) is 24.0 Å². The van der Waals surface area contributed by atoms with E-state index in [1.165, 1.54) is 11.8 Å². The maximum absolute atomic E-state index is 12.7. The summed E-state index contributed by atoms with van der Waals surface area (Å²) < 4.78 is 9.01. The summed E-state index contributed by atoms with van der Waals surface area (Å²) in [5, 5.41) is 8.83. The van der Waals surface area contributed by atoms with Gasteiger partial charge in [-0.2, -0.15) is 5.10 Å². The molecule has 4 rings (SSSR count). The molecule has 2 aromatic heterocycles. The van der Waals surface area contributed by atoms with E-state index in [9.17, 15) is 4.79 Å². The van der Waals surface area contributed by atoms with Gasteiger partial charge in [-0.15, -0.1) is 0 Å². The number of halogens is 1. The Morgan fingerprint density at radius 3 is 2.77 bits per heavy atom. The molecule has 1 amide bonds. The molecule has 160 valence electrons. The van der Waals surface area contributed by atoms with Crippen molar-refractivity contribution in [1.82, 2.24) is 19.3 Å². The molecule has 0 radical (unpaired) electrons. The second-order valence-corrected chi connectivity index (χ2v) is 8.31. The number of aromatic nitrogens is 4. The maximum atomic E-state index is 12.7. The normalized spacial score (nSPS) is 11.2. The number of methoxy groups -OCH3 is 1. The molecule has 0 spiro atoms. The molecule has 2 aromatic carbocycles. The summed E-state index contributed by atoms with van der Waals surface area (Å²) in [6, 6.07) is 17.2. The van der Waals surface area contributed by atoms with Crippen molar-refractivity contribution in [3.8, 4) is 5.69 Å². The number of benzene rings is 2. The van der Waals surface area contributed by atoms with Crippen LogP contribution in [0.15, 0.2) is 59.8 Å². The van der Waals surface area contributed by atoms with Crippen LogP contribution >= 0.6 is 23.4 Å². The standard InChI is InChI=1S/C22H22ClN5O2S/c1-15-12-20(28(26-15)17-6-4-3-5-7-17)25-21(29)14-31-22-24-18-13-16(23)8-9-19(18)27(22)10-11-30-2/h3-9,12-13H,10-11,14H2,1-2H3,(H,25,29). The number of hydrogen-bond acceptors (Lipinski definition) is 5. The van der Waals surface area contributed by atoms with Gasteiger partial charge in [0.1, 0.15) is 5.82 Å². The number of carbonyl (C=O) groups excluding carboxylic acids is 1. The lowest BCUT2D eigenvalue weighted by Crippen LogP contribution is -2.17. The number of carbonyl (C=O) groups is 1. The van der Waals surface area contributed by atoms with Crippen LogP contribution < -0.4 is 5.32 Å². The second kappa shape index (κ2) is 9.55. The summed E-state index contributed by atoms with van der Waals surface area (Å²) in [6.07, 6.45) is 0. The van der Waals surface area contributed by atoms with Crippen molar-refractivity contribution in [2.45, 2.75) is 18.6 Å². The number of anilines is 1. The fourth-order valence-corrected chi connectivity index (χ4v) is 4.26. The molecule has 0 atom stereocenters. The fourth-order valence-electron chi connectivity index (χ4n) is 3.25. The van der Waals surface area contributed by atoms with Gasteiger partial charge < -0.3 is 14.6 Å². The Labute approximate surface area is 189 Å². The number of nitrogens with one attached hydrogen (secondary N) is 1. The third-order valence-corrected chi connectivity index (χ3v) is 5.84. The molecule has 4 aromatic rings. The predicted octanol–water partition coefficient (Wildman–Crippen LogP) is 4.56. The first kappa shape index (κ1) is 21.4. The Morgan fingerprint density at radius 1 is 1.19 bits per heavy atom. The average Bonchev–Trinajstić information content (AvgIpc) is 3.30. The zero-order valence-electron chi connectivity index (χ0n) is 17.2. The molecule has 9 heteroatoms. The highest BCUT2D eigenvalue weighted by Gasteiger charge is 2.15. The van der Waals surface area contributed by atoms with Crippen LogP contribution in [0.2, 0.25) is 5.02 Å². The zero-order chi connectivity index (χ0) is 21.8. The van der Waals surface area contributed by atoms with Gasteiger partial charge in [0.15, 0.2) is 5.16 Å². The highest BCUT2D eigenvalue weighted by Crippen LogP contribution is 2.26. The molecule has 1 N–H and O–H groups in total. The van der Waals surface area contributed by atoms with Crippen molar-refractivity contribution >= 4 is 46.1 Å². The lowest BCUT2D eigenvalue weighted by Gasteiger charge is -2.10. The van der Waals surface area contributed by atoms with E-state index in [1.54, 1.807) is 11.8 Å². The summed E-state index contributed by atoms with van der Waals surface area (Å²) in [4.78, 5) is 17.4. The zero-order valence-corrected chi connectivity index (χ0v) is 18.8. The number of ether oxygens (including phenoxy) is 1. The molecule has 0 aliphatic carbocycles.